The molecule has 2 aromatic heterocycles. The van der Waals surface area contributed by atoms with Crippen molar-refractivity contribution >= 4 is 5.91 Å². The van der Waals surface area contributed by atoms with Gasteiger partial charge in [0.15, 0.2) is 11.5 Å². The number of ether oxygens (including phenoxy) is 2. The van der Waals surface area contributed by atoms with E-state index in [-0.39, 0.29) is 18.7 Å². The minimum absolute atomic E-state index is 0.179. The summed E-state index contributed by atoms with van der Waals surface area (Å²) in [6.45, 7) is 2.16. The summed E-state index contributed by atoms with van der Waals surface area (Å²) in [5, 5.41) is 7.24. The number of nitrogens with one attached hydrogen (secondary N) is 1. The highest BCUT2D eigenvalue weighted by molar-refractivity contribution is 5.97. The molecule has 25 heavy (non-hydrogen) atoms. The second kappa shape index (κ2) is 6.01. The van der Waals surface area contributed by atoms with Gasteiger partial charge in [-0.2, -0.15) is 5.10 Å². The van der Waals surface area contributed by atoms with Crippen molar-refractivity contribution in [1.82, 2.24) is 19.7 Å². The van der Waals surface area contributed by atoms with E-state index < -0.39 is 0 Å². The summed E-state index contributed by atoms with van der Waals surface area (Å²) < 4.78 is 14.3. The number of aryl methyl sites for hydroxylation is 1. The van der Waals surface area contributed by atoms with Crippen LogP contribution in [0.1, 0.15) is 28.9 Å². The zero-order valence-electron chi connectivity index (χ0n) is 14.0. The number of nitrogens with zero attached hydrogens (tertiary/aromatic N) is 3. The maximum atomic E-state index is 12.8. The Balaban J connectivity index is 1.56. The summed E-state index contributed by atoms with van der Waals surface area (Å²) in [6.07, 6.45) is 5.35. The molecule has 1 atom stereocenters. The van der Waals surface area contributed by atoms with Gasteiger partial charge in [-0.3, -0.25) is 9.48 Å². The van der Waals surface area contributed by atoms with E-state index in [0.29, 0.717) is 11.3 Å². The van der Waals surface area contributed by atoms with Crippen LogP contribution in [0.2, 0.25) is 0 Å². The van der Waals surface area contributed by atoms with Gasteiger partial charge in [-0.05, 0) is 36.8 Å². The second-order valence-corrected chi connectivity index (χ2v) is 5.90. The minimum Gasteiger partial charge on any atom is -0.454 e. The highest BCUT2D eigenvalue weighted by Gasteiger charge is 2.21. The molecule has 0 bridgehead atoms. The molecule has 0 aliphatic carbocycles. The standard InChI is InChI=1S/C18H18N4O3/c1-12(13-5-6-15-16(9-13)25-11-24-15)20-17(23)14-10-19-21(2)18(14)22-7-3-4-8-22/h3-10,12H,11H2,1-2H3,(H,20,23). The fourth-order valence-corrected chi connectivity index (χ4v) is 2.91. The summed E-state index contributed by atoms with van der Waals surface area (Å²) in [7, 11) is 1.81. The van der Waals surface area contributed by atoms with Crippen LogP contribution in [0.25, 0.3) is 5.82 Å². The molecule has 1 N–H and O–H groups in total. The lowest BCUT2D eigenvalue weighted by Crippen LogP contribution is -2.27. The van der Waals surface area contributed by atoms with Crippen LogP contribution in [0.4, 0.5) is 0 Å². The molecule has 1 aliphatic heterocycles. The summed E-state index contributed by atoms with van der Waals surface area (Å²) in [4.78, 5) is 12.8. The first kappa shape index (κ1) is 15.3. The molecule has 0 radical (unpaired) electrons. The lowest BCUT2D eigenvalue weighted by atomic mass is 10.1. The first-order valence-corrected chi connectivity index (χ1v) is 7.99. The zero-order valence-corrected chi connectivity index (χ0v) is 14.0. The first-order chi connectivity index (χ1) is 12.1. The second-order valence-electron chi connectivity index (χ2n) is 5.90. The molecule has 1 unspecified atom stereocenters. The molecule has 7 nitrogen and oxygen atoms in total. The molecule has 4 rings (SSSR count). The summed E-state index contributed by atoms with van der Waals surface area (Å²) in [5.74, 6) is 1.97. The number of amides is 1. The lowest BCUT2D eigenvalue weighted by Gasteiger charge is -2.15. The van der Waals surface area contributed by atoms with Crippen molar-refractivity contribution in [1.29, 1.82) is 0 Å². The maximum absolute atomic E-state index is 12.8. The number of carbonyl (C=O) groups excluding carboxylic acids is 1. The van der Waals surface area contributed by atoms with Crippen molar-refractivity contribution in [2.75, 3.05) is 6.79 Å². The van der Waals surface area contributed by atoms with E-state index in [2.05, 4.69) is 10.4 Å². The van der Waals surface area contributed by atoms with Gasteiger partial charge in [0.25, 0.3) is 5.91 Å². The number of fused-ring (bicyclic) bond motifs is 1. The van der Waals surface area contributed by atoms with Crippen LogP contribution >= 0.6 is 0 Å². The van der Waals surface area contributed by atoms with Crippen LogP contribution in [-0.2, 0) is 7.05 Å². The van der Waals surface area contributed by atoms with Crippen molar-refractivity contribution in [2.24, 2.45) is 7.05 Å². The van der Waals surface area contributed by atoms with Gasteiger partial charge >= 0.3 is 0 Å². The molecule has 0 spiro atoms. The number of hydrogen-bond donors (Lipinski definition) is 1. The largest absolute Gasteiger partial charge is 0.454 e. The van der Waals surface area contributed by atoms with Crippen molar-refractivity contribution in [3.05, 3.63) is 60.0 Å². The van der Waals surface area contributed by atoms with Crippen LogP contribution in [-0.4, -0.2) is 27.0 Å². The van der Waals surface area contributed by atoms with E-state index in [1.54, 1.807) is 10.9 Å². The third kappa shape index (κ3) is 2.73. The Hall–Kier alpha value is -3.22. The van der Waals surface area contributed by atoms with E-state index in [9.17, 15) is 4.79 Å². The quantitative estimate of drug-likeness (QED) is 0.793. The van der Waals surface area contributed by atoms with E-state index >= 15 is 0 Å². The summed E-state index contributed by atoms with van der Waals surface area (Å²) in [6, 6.07) is 9.31. The molecule has 0 fully saturated rings. The molecule has 1 amide bonds. The van der Waals surface area contributed by atoms with Gasteiger partial charge in [0.2, 0.25) is 6.79 Å². The topological polar surface area (TPSA) is 70.3 Å². The highest BCUT2D eigenvalue weighted by atomic mass is 16.7. The molecular formula is C18H18N4O3. The fourth-order valence-electron chi connectivity index (χ4n) is 2.91. The van der Waals surface area contributed by atoms with Gasteiger partial charge in [-0.1, -0.05) is 6.07 Å². The number of rotatable bonds is 4. The Kier molecular flexibility index (Phi) is 3.68. The monoisotopic (exact) mass is 338 g/mol. The predicted molar refractivity (Wildman–Crippen MR) is 91.0 cm³/mol. The van der Waals surface area contributed by atoms with Crippen LogP contribution in [0.5, 0.6) is 11.5 Å². The van der Waals surface area contributed by atoms with Crippen molar-refractivity contribution in [3.63, 3.8) is 0 Å². The average molecular weight is 338 g/mol. The Bertz CT molecular complexity index is 915. The number of benzene rings is 1. The van der Waals surface area contributed by atoms with Crippen LogP contribution in [0.3, 0.4) is 0 Å². The van der Waals surface area contributed by atoms with Gasteiger partial charge in [-0.15, -0.1) is 0 Å². The molecule has 3 heterocycles. The predicted octanol–water partition coefficient (Wildman–Crippen LogP) is 2.43. The molecule has 1 aliphatic rings. The molecule has 0 saturated heterocycles. The van der Waals surface area contributed by atoms with E-state index in [0.717, 1.165) is 17.1 Å². The molecule has 7 heteroatoms. The normalized spacial score (nSPS) is 13.7. The number of aromatic nitrogens is 3. The average Bonchev–Trinajstić information content (AvgIpc) is 3.33. The van der Waals surface area contributed by atoms with Gasteiger partial charge in [-0.25, -0.2) is 0 Å². The molecular weight excluding hydrogens is 320 g/mol. The van der Waals surface area contributed by atoms with E-state index in [4.69, 9.17) is 9.47 Å². The van der Waals surface area contributed by atoms with Crippen molar-refractivity contribution < 1.29 is 14.3 Å². The summed E-state index contributed by atoms with van der Waals surface area (Å²) in [5.41, 5.74) is 1.47. The van der Waals surface area contributed by atoms with Crippen LogP contribution < -0.4 is 14.8 Å². The molecule has 0 saturated carbocycles. The third-order valence-corrected chi connectivity index (χ3v) is 4.25. The minimum atomic E-state index is -0.181. The van der Waals surface area contributed by atoms with Gasteiger partial charge in [0, 0.05) is 19.4 Å². The van der Waals surface area contributed by atoms with Gasteiger partial charge in [0.1, 0.15) is 11.4 Å². The van der Waals surface area contributed by atoms with E-state index in [1.165, 1.54) is 0 Å². The lowest BCUT2D eigenvalue weighted by molar-refractivity contribution is 0.0939. The SMILES string of the molecule is CC(NC(=O)c1cnn(C)c1-n1cccc1)c1ccc2c(c1)OCO2. The fraction of sp³-hybridized carbons (Fsp3) is 0.222. The maximum Gasteiger partial charge on any atom is 0.257 e. The van der Waals surface area contributed by atoms with Gasteiger partial charge in [0.05, 0.1) is 12.2 Å². The highest BCUT2D eigenvalue weighted by Crippen LogP contribution is 2.34. The van der Waals surface area contributed by atoms with E-state index in [1.807, 2.05) is 61.3 Å². The Morgan fingerprint density at radius 3 is 2.80 bits per heavy atom. The summed E-state index contributed by atoms with van der Waals surface area (Å²) >= 11 is 0. The van der Waals surface area contributed by atoms with Crippen molar-refractivity contribution in [3.8, 4) is 17.3 Å². The smallest absolute Gasteiger partial charge is 0.257 e. The van der Waals surface area contributed by atoms with Crippen LogP contribution in [0.15, 0.2) is 48.9 Å². The first-order valence-electron chi connectivity index (χ1n) is 7.99. The Labute approximate surface area is 144 Å². The number of carbonyl (C=O) groups is 1. The molecule has 1 aromatic carbocycles. The molecule has 3 aromatic rings. The van der Waals surface area contributed by atoms with Gasteiger partial charge < -0.3 is 19.4 Å². The third-order valence-electron chi connectivity index (χ3n) is 4.25. The van der Waals surface area contributed by atoms with Crippen molar-refractivity contribution in [2.45, 2.75) is 13.0 Å². The molecule has 128 valence electrons. The van der Waals surface area contributed by atoms with Crippen LogP contribution in [0, 0.1) is 0 Å². The zero-order chi connectivity index (χ0) is 17.4. The Morgan fingerprint density at radius 1 is 1.24 bits per heavy atom. The number of hydrogen-bond acceptors (Lipinski definition) is 4. The Morgan fingerprint density at radius 2 is 2.00 bits per heavy atom.